The molecule has 6 heteroatoms. The van der Waals surface area contributed by atoms with Crippen LogP contribution in [-0.4, -0.2) is 36.0 Å². The van der Waals surface area contributed by atoms with Gasteiger partial charge in [-0.3, -0.25) is 4.90 Å². The summed E-state index contributed by atoms with van der Waals surface area (Å²) in [4.78, 5) is 7.18. The number of benzene rings is 1. The van der Waals surface area contributed by atoms with Gasteiger partial charge in [-0.05, 0) is 50.5 Å². The lowest BCUT2D eigenvalue weighted by Crippen LogP contribution is -2.54. The van der Waals surface area contributed by atoms with Crippen molar-refractivity contribution in [2.45, 2.75) is 45.8 Å². The number of hydrogen-bond acceptors (Lipinski definition) is 3. The third kappa shape index (κ3) is 5.97. The molecule has 0 fully saturated rings. The van der Waals surface area contributed by atoms with E-state index in [1.54, 1.807) is 6.26 Å². The maximum atomic E-state index is 5.37. The molecule has 1 aliphatic rings. The SMILES string of the molecule is CCNC(=NCc1ccco1)NCC(C)(C)N1CCc2ccccc2C1.I. The van der Waals surface area contributed by atoms with Gasteiger partial charge in [-0.2, -0.15) is 0 Å². The second-order valence-electron chi connectivity index (χ2n) is 7.38. The summed E-state index contributed by atoms with van der Waals surface area (Å²) < 4.78 is 5.37. The van der Waals surface area contributed by atoms with Gasteiger partial charge in [0.15, 0.2) is 5.96 Å². The smallest absolute Gasteiger partial charge is 0.191 e. The molecular weight excluding hydrogens is 451 g/mol. The van der Waals surface area contributed by atoms with Gasteiger partial charge in [-0.15, -0.1) is 24.0 Å². The molecule has 148 valence electrons. The molecule has 0 saturated heterocycles. The molecule has 3 rings (SSSR count). The van der Waals surface area contributed by atoms with Gasteiger partial charge in [0.2, 0.25) is 0 Å². The zero-order valence-electron chi connectivity index (χ0n) is 16.5. The van der Waals surface area contributed by atoms with E-state index in [0.717, 1.165) is 44.3 Å². The lowest BCUT2D eigenvalue weighted by Gasteiger charge is -2.42. The molecule has 1 aliphatic heterocycles. The van der Waals surface area contributed by atoms with Crippen LogP contribution in [0.4, 0.5) is 0 Å². The molecule has 2 heterocycles. The van der Waals surface area contributed by atoms with Crippen molar-refractivity contribution >= 4 is 29.9 Å². The lowest BCUT2D eigenvalue weighted by atomic mass is 9.94. The van der Waals surface area contributed by atoms with E-state index in [1.165, 1.54) is 11.1 Å². The van der Waals surface area contributed by atoms with Crippen molar-refractivity contribution in [1.82, 2.24) is 15.5 Å². The van der Waals surface area contributed by atoms with Crippen LogP contribution in [-0.2, 0) is 19.5 Å². The second kappa shape index (κ2) is 10.1. The molecule has 0 bridgehead atoms. The van der Waals surface area contributed by atoms with Crippen LogP contribution in [0.2, 0.25) is 0 Å². The summed E-state index contributed by atoms with van der Waals surface area (Å²) in [5.41, 5.74) is 2.97. The van der Waals surface area contributed by atoms with Crippen molar-refractivity contribution in [3.63, 3.8) is 0 Å². The Labute approximate surface area is 179 Å². The fourth-order valence-corrected chi connectivity index (χ4v) is 3.33. The predicted molar refractivity (Wildman–Crippen MR) is 122 cm³/mol. The van der Waals surface area contributed by atoms with Crippen molar-refractivity contribution in [2.24, 2.45) is 4.99 Å². The summed E-state index contributed by atoms with van der Waals surface area (Å²) >= 11 is 0. The minimum Gasteiger partial charge on any atom is -0.467 e. The van der Waals surface area contributed by atoms with Crippen LogP contribution < -0.4 is 10.6 Å². The number of guanidine groups is 1. The summed E-state index contributed by atoms with van der Waals surface area (Å²) in [5, 5.41) is 6.82. The zero-order valence-corrected chi connectivity index (χ0v) is 18.8. The number of aliphatic imine (C=N–C) groups is 1. The Balaban J connectivity index is 0.00000261. The summed E-state index contributed by atoms with van der Waals surface area (Å²) in [6.45, 7) is 11.0. The molecule has 5 nitrogen and oxygen atoms in total. The first-order valence-electron chi connectivity index (χ1n) is 9.45. The van der Waals surface area contributed by atoms with Gasteiger partial charge in [-0.25, -0.2) is 4.99 Å². The molecular formula is C21H31IN4O. The van der Waals surface area contributed by atoms with Gasteiger partial charge in [0.05, 0.1) is 6.26 Å². The molecule has 0 saturated carbocycles. The highest BCUT2D eigenvalue weighted by atomic mass is 127. The second-order valence-corrected chi connectivity index (χ2v) is 7.38. The Hall–Kier alpha value is -1.54. The maximum absolute atomic E-state index is 5.37. The van der Waals surface area contributed by atoms with Crippen molar-refractivity contribution in [2.75, 3.05) is 19.6 Å². The number of nitrogens with one attached hydrogen (secondary N) is 2. The van der Waals surface area contributed by atoms with Gasteiger partial charge in [0.25, 0.3) is 0 Å². The lowest BCUT2D eigenvalue weighted by molar-refractivity contribution is 0.107. The van der Waals surface area contributed by atoms with Crippen molar-refractivity contribution < 1.29 is 4.42 Å². The first-order chi connectivity index (χ1) is 12.6. The minimum absolute atomic E-state index is 0. The van der Waals surface area contributed by atoms with Crippen molar-refractivity contribution in [1.29, 1.82) is 0 Å². The van der Waals surface area contributed by atoms with Gasteiger partial charge < -0.3 is 15.1 Å². The van der Waals surface area contributed by atoms with Crippen molar-refractivity contribution in [3.8, 4) is 0 Å². The number of fused-ring (bicyclic) bond motifs is 1. The Morgan fingerprint density at radius 2 is 1.93 bits per heavy atom. The average Bonchev–Trinajstić information content (AvgIpc) is 3.17. The van der Waals surface area contributed by atoms with Gasteiger partial charge in [0.1, 0.15) is 12.3 Å². The van der Waals surface area contributed by atoms with E-state index in [-0.39, 0.29) is 29.5 Å². The Morgan fingerprint density at radius 3 is 2.63 bits per heavy atom. The minimum atomic E-state index is 0. The molecule has 1 aromatic heterocycles. The first kappa shape index (κ1) is 21.8. The monoisotopic (exact) mass is 482 g/mol. The van der Waals surface area contributed by atoms with Gasteiger partial charge >= 0.3 is 0 Å². The van der Waals surface area contributed by atoms with Crippen LogP contribution in [0.25, 0.3) is 0 Å². The van der Waals surface area contributed by atoms with Gasteiger partial charge in [-0.1, -0.05) is 24.3 Å². The van der Waals surface area contributed by atoms with Crippen LogP contribution in [0.5, 0.6) is 0 Å². The Kier molecular flexibility index (Phi) is 8.16. The first-order valence-corrected chi connectivity index (χ1v) is 9.45. The molecule has 2 N–H and O–H groups in total. The van der Waals surface area contributed by atoms with E-state index in [1.807, 2.05) is 12.1 Å². The van der Waals surface area contributed by atoms with Crippen LogP contribution in [0.15, 0.2) is 52.1 Å². The van der Waals surface area contributed by atoms with E-state index in [9.17, 15) is 0 Å². The number of rotatable bonds is 6. The van der Waals surface area contributed by atoms with Crippen LogP contribution in [0.3, 0.4) is 0 Å². The number of halogens is 1. The summed E-state index contributed by atoms with van der Waals surface area (Å²) in [7, 11) is 0. The van der Waals surface area contributed by atoms with E-state index in [4.69, 9.17) is 4.42 Å². The molecule has 0 spiro atoms. The number of nitrogens with zero attached hydrogens (tertiary/aromatic N) is 2. The number of hydrogen-bond donors (Lipinski definition) is 2. The normalized spacial score (nSPS) is 15.0. The molecule has 1 aromatic carbocycles. The topological polar surface area (TPSA) is 52.8 Å². The van der Waals surface area contributed by atoms with Crippen molar-refractivity contribution in [3.05, 3.63) is 59.5 Å². The third-order valence-corrected chi connectivity index (χ3v) is 4.99. The average molecular weight is 482 g/mol. The maximum Gasteiger partial charge on any atom is 0.191 e. The fraction of sp³-hybridized carbons (Fsp3) is 0.476. The molecule has 2 aromatic rings. The number of furan rings is 1. The van der Waals surface area contributed by atoms with Crippen LogP contribution in [0.1, 0.15) is 37.7 Å². The molecule has 0 atom stereocenters. The zero-order chi connectivity index (χ0) is 18.4. The highest BCUT2D eigenvalue weighted by molar-refractivity contribution is 14.0. The molecule has 0 amide bonds. The van der Waals surface area contributed by atoms with Gasteiger partial charge in [0, 0.05) is 31.7 Å². The fourth-order valence-electron chi connectivity index (χ4n) is 3.33. The van der Waals surface area contributed by atoms with Crippen LogP contribution in [0, 0.1) is 0 Å². The predicted octanol–water partition coefficient (Wildman–Crippen LogP) is 3.79. The highest BCUT2D eigenvalue weighted by Gasteiger charge is 2.29. The standard InChI is InChI=1S/C21H30N4O.HI/c1-4-22-20(23-14-19-10-7-13-26-19)24-16-21(2,3)25-12-11-17-8-5-6-9-18(17)15-25;/h5-10,13H,4,11-12,14-16H2,1-3H3,(H2,22,23,24);1H. The highest BCUT2D eigenvalue weighted by Crippen LogP contribution is 2.24. The van der Waals surface area contributed by atoms with E-state index in [0.29, 0.717) is 6.54 Å². The Bertz CT molecular complexity index is 728. The largest absolute Gasteiger partial charge is 0.467 e. The van der Waals surface area contributed by atoms with E-state index < -0.39 is 0 Å². The molecule has 0 unspecified atom stereocenters. The van der Waals surface area contributed by atoms with E-state index >= 15 is 0 Å². The molecule has 0 aliphatic carbocycles. The molecule has 0 radical (unpaired) electrons. The summed E-state index contributed by atoms with van der Waals surface area (Å²) in [5.74, 6) is 1.70. The summed E-state index contributed by atoms with van der Waals surface area (Å²) in [6.07, 6.45) is 2.80. The third-order valence-electron chi connectivity index (χ3n) is 4.99. The van der Waals surface area contributed by atoms with Crippen LogP contribution >= 0.6 is 24.0 Å². The quantitative estimate of drug-likeness (QED) is 0.374. The Morgan fingerprint density at radius 1 is 1.15 bits per heavy atom. The summed E-state index contributed by atoms with van der Waals surface area (Å²) in [6, 6.07) is 12.6. The molecule has 27 heavy (non-hydrogen) atoms. The van der Waals surface area contributed by atoms with E-state index in [2.05, 4.69) is 65.6 Å².